The Kier molecular flexibility index (Phi) is 2.29. The van der Waals surface area contributed by atoms with E-state index in [1.54, 1.807) is 5.56 Å². The summed E-state index contributed by atoms with van der Waals surface area (Å²) >= 11 is 0. The minimum absolute atomic E-state index is 0.206. The summed E-state index contributed by atoms with van der Waals surface area (Å²) in [6.45, 7) is 9.01. The molecule has 1 aromatic carbocycles. The number of rotatable bonds is 1. The van der Waals surface area contributed by atoms with Gasteiger partial charge in [0.25, 0.3) is 0 Å². The summed E-state index contributed by atoms with van der Waals surface area (Å²) in [6.07, 6.45) is 2.71. The van der Waals surface area contributed by atoms with Crippen LogP contribution < -0.4 is 5.73 Å². The number of nitrogens with two attached hydrogens (primary N) is 1. The van der Waals surface area contributed by atoms with Crippen molar-refractivity contribution < 1.29 is 0 Å². The molecule has 0 saturated heterocycles. The fourth-order valence-corrected chi connectivity index (χ4v) is 2.36. The third-order valence-corrected chi connectivity index (χ3v) is 3.20. The summed E-state index contributed by atoms with van der Waals surface area (Å²) in [5, 5.41) is 0. The Bertz CT molecular complexity index is 381. The lowest BCUT2D eigenvalue weighted by Crippen LogP contribution is -2.15. The van der Waals surface area contributed by atoms with Crippen LogP contribution in [0.4, 0.5) is 5.69 Å². The molecule has 0 atom stereocenters. The predicted molar refractivity (Wildman–Crippen MR) is 66.3 cm³/mol. The molecule has 0 bridgehead atoms. The van der Waals surface area contributed by atoms with Crippen molar-refractivity contribution in [3.63, 3.8) is 0 Å². The molecule has 2 rings (SSSR count). The highest BCUT2D eigenvalue weighted by molar-refractivity contribution is 5.53. The Labute approximate surface area is 92.7 Å². The molecule has 0 amide bonds. The minimum Gasteiger partial charge on any atom is -0.399 e. The molecule has 1 nitrogen and oxygen atoms in total. The van der Waals surface area contributed by atoms with Crippen LogP contribution in [0.1, 0.15) is 56.2 Å². The van der Waals surface area contributed by atoms with Gasteiger partial charge in [-0.15, -0.1) is 0 Å². The lowest BCUT2D eigenvalue weighted by Gasteiger charge is -2.25. The van der Waals surface area contributed by atoms with Gasteiger partial charge in [0, 0.05) is 5.69 Å². The molecule has 1 fully saturated rings. The molecule has 0 heterocycles. The van der Waals surface area contributed by atoms with Crippen LogP contribution in [-0.4, -0.2) is 0 Å². The molecular weight excluding hydrogens is 182 g/mol. The third kappa shape index (κ3) is 2.01. The van der Waals surface area contributed by atoms with Crippen molar-refractivity contribution in [3.05, 3.63) is 28.8 Å². The molecule has 0 aliphatic heterocycles. The molecule has 0 aromatic heterocycles. The molecule has 1 aromatic rings. The molecule has 1 aliphatic carbocycles. The van der Waals surface area contributed by atoms with E-state index in [1.165, 1.54) is 24.0 Å². The summed E-state index contributed by atoms with van der Waals surface area (Å²) in [4.78, 5) is 0. The first kappa shape index (κ1) is 10.5. The average molecular weight is 203 g/mol. The molecular formula is C14H21N. The predicted octanol–water partition coefficient (Wildman–Crippen LogP) is 3.75. The fraction of sp³-hybridized carbons (Fsp3) is 0.571. The smallest absolute Gasteiger partial charge is 0.0319 e. The van der Waals surface area contributed by atoms with Crippen LogP contribution in [0, 0.1) is 6.92 Å². The highest BCUT2D eigenvalue weighted by atomic mass is 14.5. The van der Waals surface area contributed by atoms with E-state index in [2.05, 4.69) is 39.8 Å². The van der Waals surface area contributed by atoms with E-state index < -0.39 is 0 Å². The number of benzene rings is 1. The van der Waals surface area contributed by atoms with Gasteiger partial charge >= 0.3 is 0 Å². The number of aryl methyl sites for hydroxylation is 1. The first-order valence-corrected chi connectivity index (χ1v) is 5.80. The highest BCUT2D eigenvalue weighted by Gasteiger charge is 2.31. The van der Waals surface area contributed by atoms with Gasteiger partial charge in [0.2, 0.25) is 0 Å². The molecule has 0 unspecified atom stereocenters. The van der Waals surface area contributed by atoms with Gasteiger partial charge in [-0.25, -0.2) is 0 Å². The van der Waals surface area contributed by atoms with E-state index in [0.29, 0.717) is 0 Å². The van der Waals surface area contributed by atoms with E-state index in [-0.39, 0.29) is 5.41 Å². The van der Waals surface area contributed by atoms with Gasteiger partial charge < -0.3 is 5.73 Å². The van der Waals surface area contributed by atoms with Crippen LogP contribution >= 0.6 is 0 Å². The van der Waals surface area contributed by atoms with Gasteiger partial charge in [0.1, 0.15) is 0 Å². The molecule has 1 heteroatoms. The van der Waals surface area contributed by atoms with Crippen molar-refractivity contribution in [3.8, 4) is 0 Å². The topological polar surface area (TPSA) is 26.0 Å². The standard InChI is InChI=1S/C14H21N/c1-9-7-11(15)8-12(14(2,3)4)13(9)10-5-6-10/h7-8,10H,5-6,15H2,1-4H3. The Balaban J connectivity index is 2.59. The van der Waals surface area contributed by atoms with Crippen LogP contribution in [0.2, 0.25) is 0 Å². The molecule has 82 valence electrons. The SMILES string of the molecule is Cc1cc(N)cc(C(C)(C)C)c1C1CC1. The molecule has 1 saturated carbocycles. The maximum atomic E-state index is 5.95. The first-order chi connectivity index (χ1) is 6.89. The van der Waals surface area contributed by atoms with Crippen molar-refractivity contribution in [1.82, 2.24) is 0 Å². The zero-order valence-electron chi connectivity index (χ0n) is 10.2. The highest BCUT2D eigenvalue weighted by Crippen LogP contribution is 2.46. The number of nitrogen functional groups attached to an aromatic ring is 1. The second-order valence-corrected chi connectivity index (χ2v) is 5.82. The third-order valence-electron chi connectivity index (χ3n) is 3.20. The van der Waals surface area contributed by atoms with Crippen molar-refractivity contribution >= 4 is 5.69 Å². The molecule has 15 heavy (non-hydrogen) atoms. The van der Waals surface area contributed by atoms with Gasteiger partial charge in [-0.1, -0.05) is 20.8 Å². The van der Waals surface area contributed by atoms with Gasteiger partial charge in [-0.3, -0.25) is 0 Å². The zero-order chi connectivity index (χ0) is 11.2. The summed E-state index contributed by atoms with van der Waals surface area (Å²) in [7, 11) is 0. The van der Waals surface area contributed by atoms with Crippen molar-refractivity contribution in [2.24, 2.45) is 0 Å². The van der Waals surface area contributed by atoms with E-state index in [4.69, 9.17) is 5.73 Å². The normalized spacial score (nSPS) is 16.8. The Morgan fingerprint density at radius 2 is 1.80 bits per heavy atom. The van der Waals surface area contributed by atoms with E-state index in [9.17, 15) is 0 Å². The van der Waals surface area contributed by atoms with Crippen molar-refractivity contribution in [2.45, 2.75) is 51.9 Å². The van der Waals surface area contributed by atoms with Crippen LogP contribution in [-0.2, 0) is 5.41 Å². The maximum Gasteiger partial charge on any atom is 0.0319 e. The van der Waals surface area contributed by atoms with E-state index >= 15 is 0 Å². The second kappa shape index (κ2) is 3.26. The van der Waals surface area contributed by atoms with Crippen LogP contribution in [0.3, 0.4) is 0 Å². The lowest BCUT2D eigenvalue weighted by atomic mass is 9.80. The summed E-state index contributed by atoms with van der Waals surface area (Å²) in [5.41, 5.74) is 11.4. The van der Waals surface area contributed by atoms with Crippen LogP contribution in [0.15, 0.2) is 12.1 Å². The summed E-state index contributed by atoms with van der Waals surface area (Å²) < 4.78 is 0. The number of anilines is 1. The van der Waals surface area contributed by atoms with Gasteiger partial charge in [0.15, 0.2) is 0 Å². The van der Waals surface area contributed by atoms with Gasteiger partial charge in [-0.2, -0.15) is 0 Å². The monoisotopic (exact) mass is 203 g/mol. The Hall–Kier alpha value is -0.980. The lowest BCUT2D eigenvalue weighted by molar-refractivity contribution is 0.582. The largest absolute Gasteiger partial charge is 0.399 e. The van der Waals surface area contributed by atoms with Crippen LogP contribution in [0.5, 0.6) is 0 Å². The Morgan fingerprint density at radius 3 is 2.27 bits per heavy atom. The van der Waals surface area contributed by atoms with E-state index in [1.807, 2.05) is 0 Å². The van der Waals surface area contributed by atoms with Gasteiger partial charge in [-0.05, 0) is 59.9 Å². The van der Waals surface area contributed by atoms with Gasteiger partial charge in [0.05, 0.1) is 0 Å². The maximum absolute atomic E-state index is 5.95. The quantitative estimate of drug-likeness (QED) is 0.691. The van der Waals surface area contributed by atoms with Crippen LogP contribution in [0.25, 0.3) is 0 Å². The minimum atomic E-state index is 0.206. The first-order valence-electron chi connectivity index (χ1n) is 5.80. The van der Waals surface area contributed by atoms with Crippen molar-refractivity contribution in [1.29, 1.82) is 0 Å². The molecule has 0 radical (unpaired) electrons. The number of hydrogen-bond donors (Lipinski definition) is 1. The number of hydrogen-bond acceptors (Lipinski definition) is 1. The average Bonchev–Trinajstić information content (AvgIpc) is 2.84. The van der Waals surface area contributed by atoms with E-state index in [0.717, 1.165) is 11.6 Å². The summed E-state index contributed by atoms with van der Waals surface area (Å²) in [6, 6.07) is 4.28. The molecule has 1 aliphatic rings. The van der Waals surface area contributed by atoms with Crippen molar-refractivity contribution in [2.75, 3.05) is 5.73 Å². The fourth-order valence-electron chi connectivity index (χ4n) is 2.36. The molecule has 2 N–H and O–H groups in total. The molecule has 0 spiro atoms. The Morgan fingerprint density at radius 1 is 1.20 bits per heavy atom. The summed E-state index contributed by atoms with van der Waals surface area (Å²) in [5.74, 6) is 0.805. The second-order valence-electron chi connectivity index (χ2n) is 5.82. The zero-order valence-corrected chi connectivity index (χ0v) is 10.2.